The van der Waals surface area contributed by atoms with Crippen LogP contribution in [-0.4, -0.2) is 52.8 Å². The number of hydrogen-bond donors (Lipinski definition) is 0. The highest BCUT2D eigenvalue weighted by Gasteiger charge is 2.30. The first kappa shape index (κ1) is 20.1. The Morgan fingerprint density at radius 1 is 1.08 bits per heavy atom. The van der Waals surface area contributed by atoms with Crippen LogP contribution >= 0.6 is 0 Å². The highest BCUT2D eigenvalue weighted by Crippen LogP contribution is 2.21. The van der Waals surface area contributed by atoms with Gasteiger partial charge in [0, 0.05) is 19.6 Å². The van der Waals surface area contributed by atoms with Crippen molar-refractivity contribution in [2.24, 2.45) is 5.92 Å². The smallest absolute Gasteiger partial charge is 0.423 e. The molecular weight excluding hydrogens is 310 g/mol. The van der Waals surface area contributed by atoms with Crippen LogP contribution in [0.25, 0.3) is 0 Å². The van der Waals surface area contributed by atoms with Crippen molar-refractivity contribution in [1.29, 1.82) is 5.26 Å². The van der Waals surface area contributed by atoms with E-state index in [9.17, 15) is 14.9 Å². The molecule has 0 saturated carbocycles. The first-order valence-corrected chi connectivity index (χ1v) is 8.29. The second-order valence-corrected chi connectivity index (χ2v) is 8.10. The summed E-state index contributed by atoms with van der Waals surface area (Å²) in [4.78, 5) is 26.7. The minimum absolute atomic E-state index is 0.163. The number of carbonyl (C=O) groups is 2. The predicted octanol–water partition coefficient (Wildman–Crippen LogP) is 3.35. The second kappa shape index (κ2) is 7.73. The quantitative estimate of drug-likeness (QED) is 0.569. The predicted molar refractivity (Wildman–Crippen MR) is 89.1 cm³/mol. The van der Waals surface area contributed by atoms with E-state index in [0.29, 0.717) is 19.6 Å². The molecule has 0 aromatic rings. The van der Waals surface area contributed by atoms with E-state index in [4.69, 9.17) is 9.47 Å². The fourth-order valence-electron chi connectivity index (χ4n) is 2.36. The average molecular weight is 339 g/mol. The minimum Gasteiger partial charge on any atom is -0.444 e. The van der Waals surface area contributed by atoms with Crippen molar-refractivity contribution >= 4 is 12.2 Å². The highest BCUT2D eigenvalue weighted by molar-refractivity contribution is 5.70. The minimum atomic E-state index is -0.633. The highest BCUT2D eigenvalue weighted by atomic mass is 16.6. The van der Waals surface area contributed by atoms with Crippen LogP contribution in [-0.2, 0) is 9.47 Å². The van der Waals surface area contributed by atoms with Crippen LogP contribution in [0.15, 0.2) is 0 Å². The van der Waals surface area contributed by atoms with Gasteiger partial charge in [0.2, 0.25) is 0 Å². The summed E-state index contributed by atoms with van der Waals surface area (Å²) in [6.07, 6.45) is 2.40. The number of piperidine rings is 1. The molecule has 0 N–H and O–H groups in total. The lowest BCUT2D eigenvalue weighted by Gasteiger charge is -2.34. The Bertz CT molecular complexity index is 491. The van der Waals surface area contributed by atoms with E-state index in [-0.39, 0.29) is 12.0 Å². The van der Waals surface area contributed by atoms with Crippen molar-refractivity contribution in [2.45, 2.75) is 65.6 Å². The van der Waals surface area contributed by atoms with Gasteiger partial charge in [0.25, 0.3) is 0 Å². The third-order valence-electron chi connectivity index (χ3n) is 3.44. The molecule has 1 aliphatic heterocycles. The lowest BCUT2D eigenvalue weighted by atomic mass is 9.96. The van der Waals surface area contributed by atoms with Gasteiger partial charge in [0.1, 0.15) is 11.2 Å². The van der Waals surface area contributed by atoms with Gasteiger partial charge in [0.15, 0.2) is 6.19 Å². The summed E-state index contributed by atoms with van der Waals surface area (Å²) in [5.74, 6) is 0.163. The van der Waals surface area contributed by atoms with Gasteiger partial charge in [-0.1, -0.05) is 0 Å². The molecule has 1 rings (SSSR count). The summed E-state index contributed by atoms with van der Waals surface area (Å²) >= 11 is 0. The topological polar surface area (TPSA) is 82.9 Å². The Labute approximate surface area is 144 Å². The molecule has 1 heterocycles. The normalized spacial score (nSPS) is 16.3. The lowest BCUT2D eigenvalue weighted by Crippen LogP contribution is -2.44. The van der Waals surface area contributed by atoms with Crippen LogP contribution in [0.4, 0.5) is 9.59 Å². The monoisotopic (exact) mass is 339 g/mol. The molecule has 0 unspecified atom stereocenters. The zero-order valence-electron chi connectivity index (χ0n) is 15.6. The maximum absolute atomic E-state index is 12.0. The van der Waals surface area contributed by atoms with Gasteiger partial charge in [0.05, 0.1) is 0 Å². The van der Waals surface area contributed by atoms with Gasteiger partial charge in [-0.2, -0.15) is 5.26 Å². The molecule has 0 aromatic heterocycles. The fourth-order valence-corrected chi connectivity index (χ4v) is 2.36. The number of amides is 2. The van der Waals surface area contributed by atoms with E-state index < -0.39 is 17.3 Å². The van der Waals surface area contributed by atoms with Crippen molar-refractivity contribution in [1.82, 2.24) is 9.80 Å². The number of hydrogen-bond acceptors (Lipinski definition) is 5. The number of likely N-dealkylation sites (tertiary alicyclic amines) is 1. The van der Waals surface area contributed by atoms with Crippen LogP contribution in [0.3, 0.4) is 0 Å². The Kier molecular flexibility index (Phi) is 6.47. The second-order valence-electron chi connectivity index (χ2n) is 8.10. The van der Waals surface area contributed by atoms with Crippen LogP contribution in [0.5, 0.6) is 0 Å². The summed E-state index contributed by atoms with van der Waals surface area (Å²) in [5, 5.41) is 9.18. The Morgan fingerprint density at radius 2 is 1.58 bits per heavy atom. The van der Waals surface area contributed by atoms with Crippen molar-refractivity contribution in [2.75, 3.05) is 19.6 Å². The molecule has 0 radical (unpaired) electrons. The number of ether oxygens (including phenoxy) is 2. The summed E-state index contributed by atoms with van der Waals surface area (Å²) < 4.78 is 10.6. The molecular formula is C17H29N3O4. The van der Waals surface area contributed by atoms with Gasteiger partial charge in [-0.25, -0.2) is 14.5 Å². The standard InChI is InChI=1S/C17H29N3O4/c1-16(2,3)23-14(21)19-9-7-13(8-10-19)11-20(12-18)15(22)24-17(4,5)6/h13H,7-11H2,1-6H3. The van der Waals surface area contributed by atoms with E-state index in [1.807, 2.05) is 27.0 Å². The Morgan fingerprint density at radius 3 is 2.00 bits per heavy atom. The molecule has 1 fully saturated rings. The van der Waals surface area contributed by atoms with Crippen LogP contribution in [0.2, 0.25) is 0 Å². The number of rotatable bonds is 2. The van der Waals surface area contributed by atoms with Crippen molar-refractivity contribution < 1.29 is 19.1 Å². The van der Waals surface area contributed by atoms with Gasteiger partial charge in [-0.05, 0) is 60.3 Å². The summed E-state index contributed by atoms with van der Waals surface area (Å²) in [7, 11) is 0. The Hall–Kier alpha value is -1.97. The van der Waals surface area contributed by atoms with Crippen molar-refractivity contribution in [3.63, 3.8) is 0 Å². The molecule has 1 aliphatic rings. The van der Waals surface area contributed by atoms with Crippen LogP contribution in [0.1, 0.15) is 54.4 Å². The third kappa shape index (κ3) is 7.07. The zero-order chi connectivity index (χ0) is 18.5. The number of nitrogens with zero attached hydrogens (tertiary/aromatic N) is 3. The first-order valence-electron chi connectivity index (χ1n) is 8.29. The van der Waals surface area contributed by atoms with Gasteiger partial charge in [-0.3, -0.25) is 0 Å². The van der Waals surface area contributed by atoms with Crippen LogP contribution in [0, 0.1) is 17.4 Å². The molecule has 0 aliphatic carbocycles. The molecule has 24 heavy (non-hydrogen) atoms. The van der Waals surface area contributed by atoms with E-state index in [0.717, 1.165) is 17.7 Å². The van der Waals surface area contributed by atoms with Gasteiger partial charge >= 0.3 is 12.2 Å². The fraction of sp³-hybridized carbons (Fsp3) is 0.824. The summed E-state index contributed by atoms with van der Waals surface area (Å²) in [6.45, 7) is 12.2. The molecule has 0 aromatic carbocycles. The maximum atomic E-state index is 12.0. The van der Waals surface area contributed by atoms with E-state index >= 15 is 0 Å². The number of nitriles is 1. The molecule has 136 valence electrons. The van der Waals surface area contributed by atoms with Gasteiger partial charge in [-0.15, -0.1) is 0 Å². The van der Waals surface area contributed by atoms with Gasteiger partial charge < -0.3 is 14.4 Å². The molecule has 2 amide bonds. The first-order chi connectivity index (χ1) is 10.9. The van der Waals surface area contributed by atoms with E-state index in [1.165, 1.54) is 0 Å². The molecule has 7 nitrogen and oxygen atoms in total. The SMILES string of the molecule is CC(C)(C)OC(=O)N(C#N)CC1CCN(C(=O)OC(C)(C)C)CC1. The third-order valence-corrected chi connectivity index (χ3v) is 3.44. The molecule has 0 bridgehead atoms. The lowest BCUT2D eigenvalue weighted by molar-refractivity contribution is 0.0143. The van der Waals surface area contributed by atoms with Crippen molar-refractivity contribution in [3.05, 3.63) is 0 Å². The summed E-state index contributed by atoms with van der Waals surface area (Å²) in [5.41, 5.74) is -1.14. The molecule has 0 spiro atoms. The van der Waals surface area contributed by atoms with Crippen LogP contribution < -0.4 is 0 Å². The van der Waals surface area contributed by atoms with E-state index in [1.54, 1.807) is 25.7 Å². The molecule has 7 heteroatoms. The molecule has 0 atom stereocenters. The maximum Gasteiger partial charge on any atom is 0.423 e. The largest absolute Gasteiger partial charge is 0.444 e. The number of carbonyl (C=O) groups excluding carboxylic acids is 2. The Balaban J connectivity index is 2.49. The van der Waals surface area contributed by atoms with Crippen molar-refractivity contribution in [3.8, 4) is 6.19 Å². The zero-order valence-corrected chi connectivity index (χ0v) is 15.6. The van der Waals surface area contributed by atoms with E-state index in [2.05, 4.69) is 0 Å². The average Bonchev–Trinajstić information content (AvgIpc) is 2.41. The summed E-state index contributed by atoms with van der Waals surface area (Å²) in [6, 6.07) is 0. The molecule has 1 saturated heterocycles.